The third-order valence-electron chi connectivity index (χ3n) is 4.28. The van der Waals surface area contributed by atoms with Gasteiger partial charge in [-0.1, -0.05) is 44.0 Å². The van der Waals surface area contributed by atoms with Gasteiger partial charge < -0.3 is 0 Å². The molecule has 0 radical (unpaired) electrons. The second-order valence-electron chi connectivity index (χ2n) is 6.14. The van der Waals surface area contributed by atoms with E-state index in [1.165, 1.54) is 24.8 Å². The smallest absolute Gasteiger partial charge is 0.159 e. The highest BCUT2D eigenvalue weighted by atomic mass is 14.9. The second-order valence-corrected chi connectivity index (χ2v) is 6.14. The molecule has 0 unspecified atom stereocenters. The zero-order chi connectivity index (χ0) is 17.5. The van der Waals surface area contributed by atoms with Crippen molar-refractivity contribution in [3.8, 4) is 28.6 Å². The van der Waals surface area contributed by atoms with Gasteiger partial charge in [0.05, 0.1) is 11.6 Å². The Morgan fingerprint density at radius 2 is 1.44 bits per heavy atom. The summed E-state index contributed by atoms with van der Waals surface area (Å²) in [6.45, 7) is 2.23. The Morgan fingerprint density at radius 3 is 2.04 bits per heavy atom. The maximum atomic E-state index is 8.86. The largest absolute Gasteiger partial charge is 0.236 e. The van der Waals surface area contributed by atoms with Crippen molar-refractivity contribution in [2.45, 2.75) is 32.6 Å². The molecule has 25 heavy (non-hydrogen) atoms. The highest BCUT2D eigenvalue weighted by Gasteiger charge is 2.04. The summed E-state index contributed by atoms with van der Waals surface area (Å²) in [4.78, 5) is 8.94. The molecule has 0 amide bonds. The van der Waals surface area contributed by atoms with Crippen LogP contribution in [-0.4, -0.2) is 9.97 Å². The van der Waals surface area contributed by atoms with Crippen molar-refractivity contribution in [3.63, 3.8) is 0 Å². The molecule has 0 aliphatic heterocycles. The van der Waals surface area contributed by atoms with E-state index in [0.29, 0.717) is 11.4 Å². The lowest BCUT2D eigenvalue weighted by Gasteiger charge is -2.05. The Morgan fingerprint density at radius 1 is 0.800 bits per heavy atom. The van der Waals surface area contributed by atoms with Gasteiger partial charge in [0.15, 0.2) is 5.82 Å². The van der Waals surface area contributed by atoms with Crippen molar-refractivity contribution in [1.82, 2.24) is 9.97 Å². The lowest BCUT2D eigenvalue weighted by atomic mass is 10.0. The van der Waals surface area contributed by atoms with Crippen molar-refractivity contribution in [2.75, 3.05) is 0 Å². The summed E-state index contributed by atoms with van der Waals surface area (Å²) in [5.74, 6) is 0.671. The van der Waals surface area contributed by atoms with Crippen LogP contribution in [0.4, 0.5) is 0 Å². The number of hydrogen-bond acceptors (Lipinski definition) is 3. The molecule has 0 spiro atoms. The summed E-state index contributed by atoms with van der Waals surface area (Å²) in [7, 11) is 0. The fourth-order valence-corrected chi connectivity index (χ4v) is 2.76. The number of nitriles is 1. The van der Waals surface area contributed by atoms with Crippen molar-refractivity contribution in [3.05, 3.63) is 72.1 Å². The molecule has 1 heterocycles. The van der Waals surface area contributed by atoms with Crippen LogP contribution in [0.2, 0.25) is 0 Å². The second kappa shape index (κ2) is 8.21. The molecule has 1 aromatic heterocycles. The normalized spacial score (nSPS) is 10.4. The monoisotopic (exact) mass is 327 g/mol. The SMILES string of the molecule is CCCCCc1ccc(-c2cnc(-c3ccc(C#N)cc3)nc2)cc1. The van der Waals surface area contributed by atoms with Gasteiger partial charge in [0, 0.05) is 23.5 Å². The molecule has 0 saturated heterocycles. The quantitative estimate of drug-likeness (QED) is 0.568. The van der Waals surface area contributed by atoms with Gasteiger partial charge in [0.2, 0.25) is 0 Å². The Kier molecular flexibility index (Phi) is 5.53. The maximum Gasteiger partial charge on any atom is 0.159 e. The maximum absolute atomic E-state index is 8.86. The van der Waals surface area contributed by atoms with Gasteiger partial charge in [-0.15, -0.1) is 0 Å². The minimum Gasteiger partial charge on any atom is -0.236 e. The Labute approximate surface area is 149 Å². The van der Waals surface area contributed by atoms with E-state index in [1.54, 1.807) is 12.1 Å². The molecule has 3 nitrogen and oxygen atoms in total. The number of rotatable bonds is 6. The summed E-state index contributed by atoms with van der Waals surface area (Å²) in [5, 5.41) is 8.86. The first kappa shape index (κ1) is 16.9. The van der Waals surface area contributed by atoms with Crippen LogP contribution < -0.4 is 0 Å². The van der Waals surface area contributed by atoms with Crippen molar-refractivity contribution >= 4 is 0 Å². The standard InChI is InChI=1S/C22H21N3/c1-2-3-4-5-17-6-10-19(11-7-17)21-15-24-22(25-16-21)20-12-8-18(14-23)9-13-20/h6-13,15-16H,2-5H2,1H3. The van der Waals surface area contributed by atoms with E-state index in [9.17, 15) is 0 Å². The molecular weight excluding hydrogens is 306 g/mol. The average Bonchev–Trinajstić information content (AvgIpc) is 2.69. The molecule has 0 saturated carbocycles. The molecule has 0 bridgehead atoms. The molecule has 3 heteroatoms. The fraction of sp³-hybridized carbons (Fsp3) is 0.227. The van der Waals surface area contributed by atoms with Gasteiger partial charge in [-0.3, -0.25) is 0 Å². The molecule has 0 aliphatic rings. The molecule has 0 N–H and O–H groups in total. The van der Waals surface area contributed by atoms with Crippen molar-refractivity contribution < 1.29 is 0 Å². The molecule has 0 aliphatic carbocycles. The van der Waals surface area contributed by atoms with Gasteiger partial charge in [-0.25, -0.2) is 9.97 Å². The number of unbranched alkanes of at least 4 members (excludes halogenated alkanes) is 2. The summed E-state index contributed by atoms with van der Waals surface area (Å²) < 4.78 is 0. The zero-order valence-corrected chi connectivity index (χ0v) is 14.4. The third kappa shape index (κ3) is 4.30. The van der Waals surface area contributed by atoms with Gasteiger partial charge in [0.25, 0.3) is 0 Å². The summed E-state index contributed by atoms with van der Waals surface area (Å²) >= 11 is 0. The van der Waals surface area contributed by atoms with Crippen molar-refractivity contribution in [1.29, 1.82) is 5.26 Å². The number of aryl methyl sites for hydroxylation is 1. The predicted molar refractivity (Wildman–Crippen MR) is 101 cm³/mol. The van der Waals surface area contributed by atoms with Gasteiger partial charge >= 0.3 is 0 Å². The van der Waals surface area contributed by atoms with E-state index >= 15 is 0 Å². The van der Waals surface area contributed by atoms with Crippen LogP contribution in [0.15, 0.2) is 60.9 Å². The van der Waals surface area contributed by atoms with Crippen LogP contribution in [0.3, 0.4) is 0 Å². The van der Waals surface area contributed by atoms with E-state index in [-0.39, 0.29) is 0 Å². The number of benzene rings is 2. The molecule has 124 valence electrons. The minimum absolute atomic E-state index is 0.638. The first-order chi connectivity index (χ1) is 12.3. The van der Waals surface area contributed by atoms with Gasteiger partial charge in [0.1, 0.15) is 0 Å². The Bertz CT molecular complexity index is 842. The van der Waals surface area contributed by atoms with Crippen LogP contribution in [-0.2, 0) is 6.42 Å². The average molecular weight is 327 g/mol. The first-order valence-electron chi connectivity index (χ1n) is 8.72. The summed E-state index contributed by atoms with van der Waals surface area (Å²) in [6, 6.07) is 18.1. The predicted octanol–water partition coefficient (Wildman–Crippen LogP) is 5.41. The van der Waals surface area contributed by atoms with E-state index in [1.807, 2.05) is 24.5 Å². The Balaban J connectivity index is 1.72. The van der Waals surface area contributed by atoms with Crippen molar-refractivity contribution in [2.24, 2.45) is 0 Å². The molecule has 3 rings (SSSR count). The van der Waals surface area contributed by atoms with Crippen LogP contribution >= 0.6 is 0 Å². The lowest BCUT2D eigenvalue weighted by Crippen LogP contribution is -1.91. The highest BCUT2D eigenvalue weighted by molar-refractivity contribution is 5.64. The highest BCUT2D eigenvalue weighted by Crippen LogP contribution is 2.21. The van der Waals surface area contributed by atoms with Gasteiger partial charge in [-0.05, 0) is 48.2 Å². The van der Waals surface area contributed by atoms with E-state index < -0.39 is 0 Å². The molecule has 0 fully saturated rings. The zero-order valence-electron chi connectivity index (χ0n) is 14.4. The number of hydrogen-bond donors (Lipinski definition) is 0. The van der Waals surface area contributed by atoms with Crippen LogP contribution in [0.1, 0.15) is 37.3 Å². The molecule has 3 aromatic rings. The summed E-state index contributed by atoms with van der Waals surface area (Å²) in [6.07, 6.45) is 8.63. The molecule has 2 aromatic carbocycles. The Hall–Kier alpha value is -2.99. The van der Waals surface area contributed by atoms with Gasteiger partial charge in [-0.2, -0.15) is 5.26 Å². The van der Waals surface area contributed by atoms with E-state index in [0.717, 1.165) is 23.1 Å². The molecule has 0 atom stereocenters. The third-order valence-corrected chi connectivity index (χ3v) is 4.28. The van der Waals surface area contributed by atoms with Crippen LogP contribution in [0, 0.1) is 11.3 Å². The van der Waals surface area contributed by atoms with E-state index in [4.69, 9.17) is 5.26 Å². The summed E-state index contributed by atoms with van der Waals surface area (Å²) in [5.41, 5.74) is 5.08. The topological polar surface area (TPSA) is 49.6 Å². The number of nitrogens with zero attached hydrogens (tertiary/aromatic N) is 3. The van der Waals surface area contributed by atoms with Crippen LogP contribution in [0.5, 0.6) is 0 Å². The first-order valence-corrected chi connectivity index (χ1v) is 8.72. The van der Waals surface area contributed by atoms with Crippen LogP contribution in [0.25, 0.3) is 22.5 Å². The fourth-order valence-electron chi connectivity index (χ4n) is 2.76. The van der Waals surface area contributed by atoms with E-state index in [2.05, 4.69) is 47.2 Å². The molecular formula is C22H21N3. The number of aromatic nitrogens is 2. The lowest BCUT2D eigenvalue weighted by molar-refractivity contribution is 0.717. The minimum atomic E-state index is 0.638.